The van der Waals surface area contributed by atoms with Crippen LogP contribution in [0.4, 0.5) is 0 Å². The third-order valence-electron chi connectivity index (χ3n) is 2.97. The van der Waals surface area contributed by atoms with Gasteiger partial charge in [0.05, 0.1) is 6.61 Å². The van der Waals surface area contributed by atoms with Gasteiger partial charge in [0.25, 0.3) is 0 Å². The van der Waals surface area contributed by atoms with E-state index in [0.29, 0.717) is 12.0 Å². The maximum absolute atomic E-state index is 5.63. The van der Waals surface area contributed by atoms with Gasteiger partial charge in [0.1, 0.15) is 0 Å². The lowest BCUT2D eigenvalue weighted by Gasteiger charge is -2.21. The lowest BCUT2D eigenvalue weighted by atomic mass is 10.0. The van der Waals surface area contributed by atoms with Gasteiger partial charge in [-0.05, 0) is 29.7 Å². The second-order valence-electron chi connectivity index (χ2n) is 5.49. The summed E-state index contributed by atoms with van der Waals surface area (Å²) in [4.78, 5) is 1.42. The summed E-state index contributed by atoms with van der Waals surface area (Å²) in [5.74, 6) is 1.34. The number of rotatable bonds is 9. The molecule has 0 saturated carbocycles. The highest BCUT2D eigenvalue weighted by atomic mass is 32.1. The highest BCUT2D eigenvalue weighted by Crippen LogP contribution is 2.25. The predicted molar refractivity (Wildman–Crippen MR) is 80.2 cm³/mol. The molecule has 0 aliphatic heterocycles. The zero-order chi connectivity index (χ0) is 13.4. The molecule has 1 aromatic heterocycles. The molecule has 1 heterocycles. The Balaban J connectivity index is 2.19. The fourth-order valence-electron chi connectivity index (χ4n) is 1.84. The Kier molecular flexibility index (Phi) is 7.56. The minimum atomic E-state index is 0.457. The molecule has 0 aliphatic rings. The molecule has 0 fully saturated rings. The summed E-state index contributed by atoms with van der Waals surface area (Å²) in [5.41, 5.74) is 0. The Morgan fingerprint density at radius 3 is 2.56 bits per heavy atom. The topological polar surface area (TPSA) is 21.3 Å². The normalized spacial score (nSPS) is 13.4. The number of hydrogen-bond donors (Lipinski definition) is 1. The zero-order valence-electron chi connectivity index (χ0n) is 12.1. The average molecular weight is 269 g/mol. The highest BCUT2D eigenvalue weighted by molar-refractivity contribution is 7.10. The number of hydrogen-bond acceptors (Lipinski definition) is 3. The molecule has 3 heteroatoms. The SMILES string of the molecule is CC(C)CCOCCNC(c1cccs1)C(C)C. The molecule has 0 bridgehead atoms. The third-order valence-corrected chi connectivity index (χ3v) is 3.92. The molecule has 1 unspecified atom stereocenters. The van der Waals surface area contributed by atoms with Crippen molar-refractivity contribution in [1.29, 1.82) is 0 Å². The van der Waals surface area contributed by atoms with E-state index in [-0.39, 0.29) is 0 Å². The van der Waals surface area contributed by atoms with Gasteiger partial charge >= 0.3 is 0 Å². The Labute approximate surface area is 116 Å². The lowest BCUT2D eigenvalue weighted by molar-refractivity contribution is 0.122. The lowest BCUT2D eigenvalue weighted by Crippen LogP contribution is -2.28. The number of ether oxygens (including phenoxy) is 1. The first-order chi connectivity index (χ1) is 8.61. The van der Waals surface area contributed by atoms with Gasteiger partial charge < -0.3 is 10.1 Å². The molecule has 1 atom stereocenters. The van der Waals surface area contributed by atoms with Crippen LogP contribution >= 0.6 is 11.3 Å². The van der Waals surface area contributed by atoms with E-state index in [1.807, 2.05) is 11.3 Å². The molecular formula is C15H27NOS. The molecule has 104 valence electrons. The van der Waals surface area contributed by atoms with Gasteiger partial charge in [-0.1, -0.05) is 33.8 Å². The van der Waals surface area contributed by atoms with Crippen LogP contribution in [0.5, 0.6) is 0 Å². The first-order valence-electron chi connectivity index (χ1n) is 6.95. The fraction of sp³-hybridized carbons (Fsp3) is 0.733. The van der Waals surface area contributed by atoms with Crippen LogP contribution in [0.15, 0.2) is 17.5 Å². The van der Waals surface area contributed by atoms with Crippen LogP contribution in [0.25, 0.3) is 0 Å². The second kappa shape index (κ2) is 8.68. The molecule has 1 aromatic rings. The largest absolute Gasteiger partial charge is 0.380 e. The minimum Gasteiger partial charge on any atom is -0.380 e. The predicted octanol–water partition coefficient (Wildman–Crippen LogP) is 4.10. The Hall–Kier alpha value is -0.380. The van der Waals surface area contributed by atoms with Gasteiger partial charge in [0, 0.05) is 24.1 Å². The highest BCUT2D eigenvalue weighted by Gasteiger charge is 2.15. The first kappa shape index (κ1) is 15.7. The summed E-state index contributed by atoms with van der Waals surface area (Å²) in [6.07, 6.45) is 1.15. The standard InChI is InChI=1S/C15H27NOS/c1-12(2)7-9-17-10-8-16-15(13(3)4)14-6-5-11-18-14/h5-6,11-13,15-16H,7-10H2,1-4H3. The molecule has 1 N–H and O–H groups in total. The van der Waals surface area contributed by atoms with Gasteiger partial charge in [-0.15, -0.1) is 11.3 Å². The molecule has 0 aromatic carbocycles. The minimum absolute atomic E-state index is 0.457. The van der Waals surface area contributed by atoms with Crippen LogP contribution in [0, 0.1) is 11.8 Å². The van der Waals surface area contributed by atoms with Crippen LogP contribution < -0.4 is 5.32 Å². The molecular weight excluding hydrogens is 242 g/mol. The summed E-state index contributed by atoms with van der Waals surface area (Å²) in [6.45, 7) is 11.6. The number of nitrogens with one attached hydrogen (secondary N) is 1. The molecule has 0 saturated heterocycles. The maximum Gasteiger partial charge on any atom is 0.0591 e. The van der Waals surface area contributed by atoms with Gasteiger partial charge in [-0.25, -0.2) is 0 Å². The van der Waals surface area contributed by atoms with E-state index in [0.717, 1.165) is 32.1 Å². The van der Waals surface area contributed by atoms with Crippen LogP contribution in [0.2, 0.25) is 0 Å². The van der Waals surface area contributed by atoms with Crippen molar-refractivity contribution in [2.45, 2.75) is 40.2 Å². The zero-order valence-corrected chi connectivity index (χ0v) is 12.9. The van der Waals surface area contributed by atoms with Crippen molar-refractivity contribution in [3.63, 3.8) is 0 Å². The van der Waals surface area contributed by atoms with E-state index in [1.165, 1.54) is 4.88 Å². The van der Waals surface area contributed by atoms with Crippen LogP contribution in [0.1, 0.15) is 45.0 Å². The van der Waals surface area contributed by atoms with Crippen molar-refractivity contribution in [3.8, 4) is 0 Å². The molecule has 18 heavy (non-hydrogen) atoms. The van der Waals surface area contributed by atoms with Crippen molar-refractivity contribution in [1.82, 2.24) is 5.32 Å². The monoisotopic (exact) mass is 269 g/mol. The Bertz CT molecular complexity index is 295. The first-order valence-corrected chi connectivity index (χ1v) is 7.83. The van der Waals surface area contributed by atoms with Crippen LogP contribution in [-0.4, -0.2) is 19.8 Å². The van der Waals surface area contributed by atoms with Crippen LogP contribution in [0.3, 0.4) is 0 Å². The van der Waals surface area contributed by atoms with Crippen LogP contribution in [-0.2, 0) is 4.74 Å². The Morgan fingerprint density at radius 2 is 2.00 bits per heavy atom. The maximum atomic E-state index is 5.63. The number of thiophene rings is 1. The Morgan fingerprint density at radius 1 is 1.22 bits per heavy atom. The van der Waals surface area contributed by atoms with Gasteiger partial charge in [0.2, 0.25) is 0 Å². The van der Waals surface area contributed by atoms with Crippen molar-refractivity contribution in [3.05, 3.63) is 22.4 Å². The molecule has 0 aliphatic carbocycles. The van der Waals surface area contributed by atoms with Gasteiger partial charge in [0.15, 0.2) is 0 Å². The summed E-state index contributed by atoms with van der Waals surface area (Å²) < 4.78 is 5.63. The molecule has 0 radical (unpaired) electrons. The molecule has 1 rings (SSSR count). The average Bonchev–Trinajstić information content (AvgIpc) is 2.80. The quantitative estimate of drug-likeness (QED) is 0.682. The summed E-state index contributed by atoms with van der Waals surface area (Å²) in [7, 11) is 0. The van der Waals surface area contributed by atoms with E-state index in [1.54, 1.807) is 0 Å². The van der Waals surface area contributed by atoms with E-state index >= 15 is 0 Å². The third kappa shape index (κ3) is 5.98. The van der Waals surface area contributed by atoms with Gasteiger partial charge in [-0.3, -0.25) is 0 Å². The summed E-state index contributed by atoms with van der Waals surface area (Å²) in [5, 5.41) is 5.74. The van der Waals surface area contributed by atoms with Crippen molar-refractivity contribution >= 4 is 11.3 Å². The van der Waals surface area contributed by atoms with Crippen molar-refractivity contribution in [2.75, 3.05) is 19.8 Å². The van der Waals surface area contributed by atoms with Crippen molar-refractivity contribution in [2.24, 2.45) is 11.8 Å². The molecule has 0 amide bonds. The van der Waals surface area contributed by atoms with E-state index in [4.69, 9.17) is 4.74 Å². The fourth-order valence-corrected chi connectivity index (χ4v) is 2.81. The summed E-state index contributed by atoms with van der Waals surface area (Å²) >= 11 is 1.83. The second-order valence-corrected chi connectivity index (χ2v) is 6.47. The van der Waals surface area contributed by atoms with Gasteiger partial charge in [-0.2, -0.15) is 0 Å². The van der Waals surface area contributed by atoms with E-state index in [9.17, 15) is 0 Å². The summed E-state index contributed by atoms with van der Waals surface area (Å²) in [6, 6.07) is 4.79. The van der Waals surface area contributed by atoms with E-state index in [2.05, 4.69) is 50.5 Å². The van der Waals surface area contributed by atoms with E-state index < -0.39 is 0 Å². The molecule has 0 spiro atoms. The smallest absolute Gasteiger partial charge is 0.0591 e. The molecule has 2 nitrogen and oxygen atoms in total. The van der Waals surface area contributed by atoms with Crippen molar-refractivity contribution < 1.29 is 4.74 Å².